The number of amides is 2. The summed E-state index contributed by atoms with van der Waals surface area (Å²) < 4.78 is 5.17. The van der Waals surface area contributed by atoms with E-state index in [-0.39, 0.29) is 13.0 Å². The number of carbonyl (C=O) groups excluding carboxylic acids is 1. The Kier molecular flexibility index (Phi) is 5.87. The standard InChI is InChI=1S/C14H16N4O4S/c1-22-10-4-2-3-9(7-10)8-11-17-18-14(23-11)16-13(21)15-6-5-12(19)20/h2-4,7H,5-6,8H2,1H3,(H,19,20)(H2,15,16,18,21). The molecule has 8 nitrogen and oxygen atoms in total. The SMILES string of the molecule is COc1cccc(Cc2nnc(NC(=O)NCCC(=O)O)s2)c1. The molecule has 2 rings (SSSR count). The highest BCUT2D eigenvalue weighted by molar-refractivity contribution is 7.15. The number of rotatable bonds is 7. The molecule has 1 heterocycles. The van der Waals surface area contributed by atoms with Crippen LogP contribution in [0.1, 0.15) is 17.0 Å². The highest BCUT2D eigenvalue weighted by atomic mass is 32.1. The Morgan fingerprint density at radius 1 is 1.35 bits per heavy atom. The molecule has 3 N–H and O–H groups in total. The lowest BCUT2D eigenvalue weighted by atomic mass is 10.1. The summed E-state index contributed by atoms with van der Waals surface area (Å²) in [5.41, 5.74) is 1.03. The van der Waals surface area contributed by atoms with Crippen LogP contribution in [0.25, 0.3) is 0 Å². The summed E-state index contributed by atoms with van der Waals surface area (Å²) in [6, 6.07) is 7.11. The van der Waals surface area contributed by atoms with Crippen LogP contribution in [0.4, 0.5) is 9.93 Å². The van der Waals surface area contributed by atoms with Crippen LogP contribution in [-0.4, -0.2) is 41.0 Å². The molecule has 0 aliphatic heterocycles. The molecule has 2 aromatic rings. The Labute approximate surface area is 136 Å². The van der Waals surface area contributed by atoms with E-state index in [0.717, 1.165) is 16.3 Å². The number of hydrogen-bond acceptors (Lipinski definition) is 6. The molecule has 0 saturated carbocycles. The van der Waals surface area contributed by atoms with Gasteiger partial charge in [-0.2, -0.15) is 0 Å². The lowest BCUT2D eigenvalue weighted by Gasteiger charge is -2.02. The van der Waals surface area contributed by atoms with Crippen LogP contribution in [0.3, 0.4) is 0 Å². The number of carboxylic acid groups (broad SMARTS) is 1. The summed E-state index contributed by atoms with van der Waals surface area (Å²) in [5.74, 6) is -0.204. The number of nitrogens with zero attached hydrogens (tertiary/aromatic N) is 2. The third-order valence-corrected chi connectivity index (χ3v) is 3.64. The number of methoxy groups -OCH3 is 1. The van der Waals surface area contributed by atoms with Crippen molar-refractivity contribution in [1.82, 2.24) is 15.5 Å². The maximum Gasteiger partial charge on any atom is 0.321 e. The molecule has 0 unspecified atom stereocenters. The van der Waals surface area contributed by atoms with Gasteiger partial charge in [0.2, 0.25) is 5.13 Å². The molecule has 9 heteroatoms. The van der Waals surface area contributed by atoms with Gasteiger partial charge in [0.1, 0.15) is 10.8 Å². The van der Waals surface area contributed by atoms with Gasteiger partial charge in [0.05, 0.1) is 13.5 Å². The second-order valence-corrected chi connectivity index (χ2v) is 5.62. The number of carbonyl (C=O) groups is 2. The van der Waals surface area contributed by atoms with Crippen LogP contribution in [0, 0.1) is 0 Å². The molecule has 1 aromatic heterocycles. The maximum absolute atomic E-state index is 11.6. The lowest BCUT2D eigenvalue weighted by Crippen LogP contribution is -2.30. The number of hydrogen-bond donors (Lipinski definition) is 3. The van der Waals surface area contributed by atoms with Gasteiger partial charge in [-0.1, -0.05) is 23.5 Å². The summed E-state index contributed by atoms with van der Waals surface area (Å²) in [4.78, 5) is 21.9. The fourth-order valence-electron chi connectivity index (χ4n) is 1.76. The summed E-state index contributed by atoms with van der Waals surface area (Å²) >= 11 is 1.26. The lowest BCUT2D eigenvalue weighted by molar-refractivity contribution is -0.136. The molecule has 1 aromatic carbocycles. The fourth-order valence-corrected chi connectivity index (χ4v) is 2.53. The predicted octanol–water partition coefficient (Wildman–Crippen LogP) is 1.73. The molecule has 0 aliphatic rings. The zero-order valence-electron chi connectivity index (χ0n) is 12.4. The molecular weight excluding hydrogens is 320 g/mol. The minimum absolute atomic E-state index is 0.0522. The zero-order chi connectivity index (χ0) is 16.7. The van der Waals surface area contributed by atoms with E-state index in [1.807, 2.05) is 24.3 Å². The van der Waals surface area contributed by atoms with Gasteiger partial charge < -0.3 is 15.2 Å². The third-order valence-electron chi connectivity index (χ3n) is 2.80. The van der Waals surface area contributed by atoms with Crippen molar-refractivity contribution in [1.29, 1.82) is 0 Å². The second-order valence-electron chi connectivity index (χ2n) is 4.55. The Hall–Kier alpha value is -2.68. The first-order valence-electron chi connectivity index (χ1n) is 6.79. The molecule has 122 valence electrons. The van der Waals surface area contributed by atoms with Crippen LogP contribution in [-0.2, 0) is 11.2 Å². The first kappa shape index (κ1) is 16.7. The number of carboxylic acids is 1. The molecule has 0 atom stereocenters. The quantitative estimate of drug-likeness (QED) is 0.709. The van der Waals surface area contributed by atoms with Crippen LogP contribution < -0.4 is 15.4 Å². The Balaban J connectivity index is 1.87. The first-order valence-corrected chi connectivity index (χ1v) is 7.60. The van der Waals surface area contributed by atoms with Crippen LogP contribution in [0.15, 0.2) is 24.3 Å². The number of nitrogens with one attached hydrogen (secondary N) is 2. The molecule has 0 radical (unpaired) electrons. The topological polar surface area (TPSA) is 113 Å². The van der Waals surface area contributed by atoms with Gasteiger partial charge in [-0.25, -0.2) is 4.79 Å². The van der Waals surface area contributed by atoms with E-state index in [1.165, 1.54) is 11.3 Å². The minimum Gasteiger partial charge on any atom is -0.497 e. The van der Waals surface area contributed by atoms with E-state index in [9.17, 15) is 9.59 Å². The third kappa shape index (κ3) is 5.55. The van der Waals surface area contributed by atoms with E-state index in [4.69, 9.17) is 9.84 Å². The van der Waals surface area contributed by atoms with Gasteiger partial charge in [-0.05, 0) is 17.7 Å². The predicted molar refractivity (Wildman–Crippen MR) is 85.0 cm³/mol. The Bertz CT molecular complexity index is 689. The van der Waals surface area contributed by atoms with Crippen molar-refractivity contribution in [3.8, 4) is 5.75 Å². The maximum atomic E-state index is 11.6. The number of anilines is 1. The van der Waals surface area contributed by atoms with E-state index in [2.05, 4.69) is 20.8 Å². The van der Waals surface area contributed by atoms with E-state index < -0.39 is 12.0 Å². The van der Waals surface area contributed by atoms with E-state index in [1.54, 1.807) is 7.11 Å². The zero-order valence-corrected chi connectivity index (χ0v) is 13.2. The van der Waals surface area contributed by atoms with Crippen molar-refractivity contribution in [2.75, 3.05) is 19.0 Å². The van der Waals surface area contributed by atoms with Gasteiger partial charge in [0.15, 0.2) is 0 Å². The first-order chi connectivity index (χ1) is 11.1. The van der Waals surface area contributed by atoms with Gasteiger partial charge >= 0.3 is 12.0 Å². The summed E-state index contributed by atoms with van der Waals surface area (Å²) in [6.45, 7) is 0.0522. The number of aromatic nitrogens is 2. The molecule has 0 aliphatic carbocycles. The molecule has 0 fully saturated rings. The minimum atomic E-state index is -0.971. The second kappa shape index (κ2) is 8.08. The largest absolute Gasteiger partial charge is 0.497 e. The van der Waals surface area contributed by atoms with Gasteiger partial charge in [-0.15, -0.1) is 10.2 Å². The smallest absolute Gasteiger partial charge is 0.321 e. The summed E-state index contributed by atoms with van der Waals surface area (Å²) in [7, 11) is 1.61. The number of benzene rings is 1. The molecule has 23 heavy (non-hydrogen) atoms. The van der Waals surface area contributed by atoms with E-state index >= 15 is 0 Å². The summed E-state index contributed by atoms with van der Waals surface area (Å²) in [5, 5.41) is 22.5. The van der Waals surface area contributed by atoms with Gasteiger partial charge in [0.25, 0.3) is 0 Å². The highest BCUT2D eigenvalue weighted by Gasteiger charge is 2.09. The molecular formula is C14H16N4O4S. The average Bonchev–Trinajstić information content (AvgIpc) is 2.94. The van der Waals surface area contributed by atoms with Crippen LogP contribution >= 0.6 is 11.3 Å². The molecule has 0 spiro atoms. The van der Waals surface area contributed by atoms with Crippen molar-refractivity contribution >= 4 is 28.5 Å². The normalized spacial score (nSPS) is 10.1. The van der Waals surface area contributed by atoms with Gasteiger partial charge in [-0.3, -0.25) is 10.1 Å². The monoisotopic (exact) mass is 336 g/mol. The number of urea groups is 1. The average molecular weight is 336 g/mol. The van der Waals surface area contributed by atoms with Crippen molar-refractivity contribution in [2.24, 2.45) is 0 Å². The van der Waals surface area contributed by atoms with Crippen molar-refractivity contribution in [2.45, 2.75) is 12.8 Å². The van der Waals surface area contributed by atoms with Gasteiger partial charge in [0, 0.05) is 13.0 Å². The van der Waals surface area contributed by atoms with Crippen LogP contribution in [0.2, 0.25) is 0 Å². The highest BCUT2D eigenvalue weighted by Crippen LogP contribution is 2.20. The Morgan fingerprint density at radius 2 is 2.17 bits per heavy atom. The molecule has 0 saturated heterocycles. The molecule has 2 amide bonds. The van der Waals surface area contributed by atoms with Crippen molar-refractivity contribution in [3.63, 3.8) is 0 Å². The van der Waals surface area contributed by atoms with Crippen molar-refractivity contribution < 1.29 is 19.4 Å². The summed E-state index contributed by atoms with van der Waals surface area (Å²) in [6.07, 6.45) is 0.446. The Morgan fingerprint density at radius 3 is 2.91 bits per heavy atom. The fraction of sp³-hybridized carbons (Fsp3) is 0.286. The van der Waals surface area contributed by atoms with Crippen LogP contribution in [0.5, 0.6) is 5.75 Å². The number of ether oxygens (including phenoxy) is 1. The van der Waals surface area contributed by atoms with E-state index in [0.29, 0.717) is 11.6 Å². The van der Waals surface area contributed by atoms with Crippen molar-refractivity contribution in [3.05, 3.63) is 34.8 Å². The number of aliphatic carboxylic acids is 1. The molecule has 0 bridgehead atoms.